The van der Waals surface area contributed by atoms with E-state index in [4.69, 9.17) is 0 Å². The molecule has 0 spiro atoms. The van der Waals surface area contributed by atoms with Gasteiger partial charge in [-0.05, 0) is 79.1 Å². The Labute approximate surface area is 250 Å². The monoisotopic (exact) mass is 586 g/mol. The highest BCUT2D eigenvalue weighted by Gasteiger charge is 2.26. The number of hydrogen-bond donors (Lipinski definition) is 1. The van der Waals surface area contributed by atoms with Gasteiger partial charge in [0.25, 0.3) is 15.9 Å². The minimum atomic E-state index is -3.88. The Kier molecular flexibility index (Phi) is 9.75. The predicted molar refractivity (Wildman–Crippen MR) is 170 cm³/mol. The van der Waals surface area contributed by atoms with E-state index in [1.54, 1.807) is 36.5 Å². The molecule has 1 aliphatic carbocycles. The largest absolute Gasteiger partial charge is 0.336 e. The molecule has 5 rings (SSSR count). The van der Waals surface area contributed by atoms with Crippen LogP contribution < -0.4 is 4.72 Å². The zero-order valence-corrected chi connectivity index (χ0v) is 25.6. The first kappa shape index (κ1) is 30.0. The van der Waals surface area contributed by atoms with Crippen molar-refractivity contribution in [1.82, 2.24) is 9.80 Å². The van der Waals surface area contributed by atoms with Crippen LogP contribution in [0.25, 0.3) is 0 Å². The van der Waals surface area contributed by atoms with E-state index < -0.39 is 10.0 Å². The van der Waals surface area contributed by atoms with Crippen LogP contribution in [0.15, 0.2) is 76.6 Å². The SMILES string of the molecule is C/C=N\c1c(C2CCCCC2)cccc1S(=O)(=O)Nc1ccc(C(=O)N2CCN(Cc3ccccc3CC)CC2)cc1. The highest BCUT2D eigenvalue weighted by atomic mass is 32.2. The van der Waals surface area contributed by atoms with Crippen LogP contribution in [-0.4, -0.2) is 56.5 Å². The molecule has 222 valence electrons. The number of rotatable bonds is 9. The molecule has 0 aromatic heterocycles. The van der Waals surface area contributed by atoms with Gasteiger partial charge in [0.1, 0.15) is 4.90 Å². The number of nitrogens with one attached hydrogen (secondary N) is 1. The molecule has 0 bridgehead atoms. The van der Waals surface area contributed by atoms with E-state index in [-0.39, 0.29) is 10.8 Å². The molecular formula is C34H42N4O3S. The van der Waals surface area contributed by atoms with E-state index in [0.29, 0.717) is 35.9 Å². The van der Waals surface area contributed by atoms with Gasteiger partial charge in [0.2, 0.25) is 0 Å². The topological polar surface area (TPSA) is 82.1 Å². The van der Waals surface area contributed by atoms with Crippen molar-refractivity contribution in [3.63, 3.8) is 0 Å². The van der Waals surface area contributed by atoms with Crippen molar-refractivity contribution in [2.24, 2.45) is 4.99 Å². The van der Waals surface area contributed by atoms with E-state index in [2.05, 4.69) is 45.8 Å². The summed E-state index contributed by atoms with van der Waals surface area (Å²) in [5.74, 6) is 0.296. The van der Waals surface area contributed by atoms with Crippen molar-refractivity contribution in [2.45, 2.75) is 69.7 Å². The summed E-state index contributed by atoms with van der Waals surface area (Å²) in [4.78, 5) is 22.2. The molecule has 0 unspecified atom stereocenters. The highest BCUT2D eigenvalue weighted by molar-refractivity contribution is 7.92. The van der Waals surface area contributed by atoms with E-state index >= 15 is 0 Å². The highest BCUT2D eigenvalue weighted by Crippen LogP contribution is 2.40. The Hall–Kier alpha value is -3.49. The lowest BCUT2D eigenvalue weighted by Crippen LogP contribution is -2.48. The number of carbonyl (C=O) groups excluding carboxylic acids is 1. The van der Waals surface area contributed by atoms with Gasteiger partial charge < -0.3 is 4.90 Å². The summed E-state index contributed by atoms with van der Waals surface area (Å²) in [5, 5.41) is 0. The van der Waals surface area contributed by atoms with Crippen LogP contribution in [0.5, 0.6) is 0 Å². The van der Waals surface area contributed by atoms with Crippen LogP contribution in [0.2, 0.25) is 0 Å². The lowest BCUT2D eigenvalue weighted by molar-refractivity contribution is 0.0628. The molecular weight excluding hydrogens is 544 g/mol. The van der Waals surface area contributed by atoms with Crippen molar-refractivity contribution in [1.29, 1.82) is 0 Å². The van der Waals surface area contributed by atoms with Crippen LogP contribution in [0.4, 0.5) is 11.4 Å². The molecule has 2 aliphatic rings. The normalized spacial score (nSPS) is 17.0. The van der Waals surface area contributed by atoms with Crippen LogP contribution in [0.3, 0.4) is 0 Å². The number of aliphatic imine (C=N–C) groups is 1. The van der Waals surface area contributed by atoms with Crippen LogP contribution >= 0.6 is 0 Å². The van der Waals surface area contributed by atoms with Gasteiger partial charge in [-0.1, -0.05) is 62.6 Å². The standard InChI is InChI=1S/C34H42N4O3S/c1-3-26-11-8-9-14-29(26)25-37-21-23-38(24-22-37)34(39)28-17-19-30(20-18-28)36-42(40,41)32-16-10-15-31(33(32)35-4-2)27-12-6-5-7-13-27/h4,8-11,14-20,27,36H,3,5-7,12-13,21-25H2,1-2H3/b35-4-. The first-order valence-corrected chi connectivity index (χ1v) is 16.7. The maximum atomic E-state index is 13.5. The molecule has 3 aromatic carbocycles. The van der Waals surface area contributed by atoms with E-state index in [9.17, 15) is 13.2 Å². The van der Waals surface area contributed by atoms with Gasteiger partial charge in [0.15, 0.2) is 0 Å². The van der Waals surface area contributed by atoms with Crippen molar-refractivity contribution in [3.8, 4) is 0 Å². The lowest BCUT2D eigenvalue weighted by Gasteiger charge is -2.35. The first-order valence-electron chi connectivity index (χ1n) is 15.2. The van der Waals surface area contributed by atoms with Gasteiger partial charge in [0.05, 0.1) is 5.69 Å². The fourth-order valence-corrected chi connectivity index (χ4v) is 7.49. The maximum absolute atomic E-state index is 13.5. The number of sulfonamides is 1. The molecule has 1 heterocycles. The third kappa shape index (κ3) is 6.93. The molecule has 1 aliphatic heterocycles. The van der Waals surface area contributed by atoms with Crippen molar-refractivity contribution < 1.29 is 13.2 Å². The van der Waals surface area contributed by atoms with Gasteiger partial charge in [-0.25, -0.2) is 8.42 Å². The van der Waals surface area contributed by atoms with Gasteiger partial charge in [-0.2, -0.15) is 0 Å². The van der Waals surface area contributed by atoms with E-state index in [1.165, 1.54) is 17.5 Å². The van der Waals surface area contributed by atoms with Crippen LogP contribution in [0.1, 0.15) is 78.9 Å². The molecule has 1 amide bonds. The smallest absolute Gasteiger partial charge is 0.264 e. The average Bonchev–Trinajstić information content (AvgIpc) is 3.02. The minimum absolute atomic E-state index is 0.0298. The fourth-order valence-electron chi connectivity index (χ4n) is 6.25. The second-order valence-electron chi connectivity index (χ2n) is 11.3. The molecule has 3 aromatic rings. The zero-order chi connectivity index (χ0) is 29.5. The second kappa shape index (κ2) is 13.7. The van der Waals surface area contributed by atoms with Crippen molar-refractivity contribution in [2.75, 3.05) is 30.9 Å². The molecule has 1 saturated heterocycles. The Morgan fingerprint density at radius 3 is 2.26 bits per heavy atom. The number of hydrogen-bond acceptors (Lipinski definition) is 5. The summed E-state index contributed by atoms with van der Waals surface area (Å²) < 4.78 is 29.8. The summed E-state index contributed by atoms with van der Waals surface area (Å²) in [6.45, 7) is 7.87. The Morgan fingerprint density at radius 2 is 1.60 bits per heavy atom. The quantitative estimate of drug-likeness (QED) is 0.280. The molecule has 8 heteroatoms. The van der Waals surface area contributed by atoms with E-state index in [0.717, 1.165) is 57.3 Å². The van der Waals surface area contributed by atoms with Gasteiger partial charge in [-0.15, -0.1) is 0 Å². The number of aryl methyl sites for hydroxylation is 1. The summed E-state index contributed by atoms with van der Waals surface area (Å²) in [6.07, 6.45) is 8.32. The number of nitrogens with zero attached hydrogens (tertiary/aromatic N) is 3. The molecule has 1 saturated carbocycles. The predicted octanol–water partition coefficient (Wildman–Crippen LogP) is 6.78. The lowest BCUT2D eigenvalue weighted by atomic mass is 9.83. The van der Waals surface area contributed by atoms with Crippen LogP contribution in [0, 0.1) is 0 Å². The third-order valence-corrected chi connectivity index (χ3v) is 9.97. The second-order valence-corrected chi connectivity index (χ2v) is 12.9. The number of para-hydroxylation sites is 1. The summed E-state index contributed by atoms with van der Waals surface area (Å²) in [5.41, 5.74) is 5.23. The molecule has 0 atom stereocenters. The van der Waals surface area contributed by atoms with Crippen molar-refractivity contribution >= 4 is 33.5 Å². The number of carbonyl (C=O) groups is 1. The fraction of sp³-hybridized carbons (Fsp3) is 0.412. The van der Waals surface area contributed by atoms with E-state index in [1.807, 2.05) is 24.0 Å². The number of benzene rings is 3. The van der Waals surface area contributed by atoms with Gasteiger partial charge in [-0.3, -0.25) is 19.4 Å². The number of amides is 1. The Bertz CT molecular complexity index is 1500. The molecule has 2 fully saturated rings. The maximum Gasteiger partial charge on any atom is 0.264 e. The average molecular weight is 587 g/mol. The summed E-state index contributed by atoms with van der Waals surface area (Å²) in [6, 6.07) is 20.7. The summed E-state index contributed by atoms with van der Waals surface area (Å²) in [7, 11) is -3.88. The van der Waals surface area contributed by atoms with Crippen LogP contribution in [-0.2, 0) is 23.0 Å². The summed E-state index contributed by atoms with van der Waals surface area (Å²) >= 11 is 0. The zero-order valence-electron chi connectivity index (χ0n) is 24.8. The Morgan fingerprint density at radius 1 is 0.905 bits per heavy atom. The third-order valence-electron chi connectivity index (χ3n) is 8.56. The molecule has 42 heavy (non-hydrogen) atoms. The van der Waals surface area contributed by atoms with Gasteiger partial charge in [0, 0.05) is 50.2 Å². The number of piperazine rings is 1. The molecule has 0 radical (unpaired) electrons. The van der Waals surface area contributed by atoms with Gasteiger partial charge >= 0.3 is 0 Å². The molecule has 7 nitrogen and oxygen atoms in total. The Balaban J connectivity index is 1.23. The minimum Gasteiger partial charge on any atom is -0.336 e. The number of anilines is 1. The molecule has 1 N–H and O–H groups in total. The first-order chi connectivity index (χ1) is 20.4. The van der Waals surface area contributed by atoms with Crippen molar-refractivity contribution in [3.05, 3.63) is 89.0 Å².